The van der Waals surface area contributed by atoms with Crippen molar-refractivity contribution in [2.45, 2.75) is 20.3 Å². The maximum Gasteiger partial charge on any atom is 0.152 e. The van der Waals surface area contributed by atoms with Crippen molar-refractivity contribution in [3.8, 4) is 11.5 Å². The third-order valence-corrected chi connectivity index (χ3v) is 2.38. The Labute approximate surface area is 94.7 Å². The second-order valence-corrected chi connectivity index (χ2v) is 3.60. The molecule has 0 saturated heterocycles. The van der Waals surface area contributed by atoms with E-state index in [-0.39, 0.29) is 0 Å². The van der Waals surface area contributed by atoms with Crippen molar-refractivity contribution in [3.63, 3.8) is 0 Å². The van der Waals surface area contributed by atoms with Gasteiger partial charge in [0.2, 0.25) is 0 Å². The molecule has 0 saturated carbocycles. The lowest BCUT2D eigenvalue weighted by molar-refractivity contribution is 0.579. The summed E-state index contributed by atoms with van der Waals surface area (Å²) in [4.78, 5) is 8.47. The van der Waals surface area contributed by atoms with E-state index in [1.807, 2.05) is 19.1 Å². The standard InChI is InChI=1S/C12H15N3O/c1-3-6-13-12-9(2)11(14-8-15-12)10-5-4-7-16-10/h4-5,7-8H,3,6H2,1-2H3,(H,13,14,15). The van der Waals surface area contributed by atoms with E-state index in [0.717, 1.165) is 35.8 Å². The Kier molecular flexibility index (Phi) is 3.19. The van der Waals surface area contributed by atoms with Crippen molar-refractivity contribution in [2.75, 3.05) is 11.9 Å². The molecular formula is C12H15N3O. The van der Waals surface area contributed by atoms with Crippen LogP contribution in [0.25, 0.3) is 11.5 Å². The van der Waals surface area contributed by atoms with Crippen molar-refractivity contribution < 1.29 is 4.42 Å². The quantitative estimate of drug-likeness (QED) is 0.855. The summed E-state index contributed by atoms with van der Waals surface area (Å²) in [6.07, 6.45) is 4.28. The first-order chi connectivity index (χ1) is 7.83. The SMILES string of the molecule is CCCNc1ncnc(-c2ccco2)c1C. The normalized spacial score (nSPS) is 10.4. The summed E-state index contributed by atoms with van der Waals surface area (Å²) in [5.74, 6) is 1.66. The van der Waals surface area contributed by atoms with E-state index in [9.17, 15) is 0 Å². The van der Waals surface area contributed by atoms with Gasteiger partial charge in [-0.05, 0) is 25.5 Å². The molecule has 0 aliphatic heterocycles. The molecule has 0 bridgehead atoms. The Morgan fingerprint density at radius 2 is 2.25 bits per heavy atom. The average molecular weight is 217 g/mol. The van der Waals surface area contributed by atoms with Crippen molar-refractivity contribution in [2.24, 2.45) is 0 Å². The zero-order valence-corrected chi connectivity index (χ0v) is 9.53. The topological polar surface area (TPSA) is 51.0 Å². The molecule has 4 heteroatoms. The van der Waals surface area contributed by atoms with Crippen LogP contribution in [0.15, 0.2) is 29.1 Å². The van der Waals surface area contributed by atoms with Gasteiger partial charge in [-0.25, -0.2) is 9.97 Å². The predicted octanol–water partition coefficient (Wildman–Crippen LogP) is 2.87. The summed E-state index contributed by atoms with van der Waals surface area (Å²) in [7, 11) is 0. The Morgan fingerprint density at radius 3 is 2.94 bits per heavy atom. The van der Waals surface area contributed by atoms with Crippen LogP contribution < -0.4 is 5.32 Å². The summed E-state index contributed by atoms with van der Waals surface area (Å²) >= 11 is 0. The summed E-state index contributed by atoms with van der Waals surface area (Å²) in [6, 6.07) is 3.76. The van der Waals surface area contributed by atoms with E-state index in [4.69, 9.17) is 4.42 Å². The van der Waals surface area contributed by atoms with Crippen molar-refractivity contribution in [1.29, 1.82) is 0 Å². The van der Waals surface area contributed by atoms with E-state index < -0.39 is 0 Å². The molecule has 2 rings (SSSR count). The minimum atomic E-state index is 0.777. The minimum absolute atomic E-state index is 0.777. The van der Waals surface area contributed by atoms with E-state index in [1.54, 1.807) is 12.6 Å². The molecule has 0 spiro atoms. The molecule has 4 nitrogen and oxygen atoms in total. The van der Waals surface area contributed by atoms with E-state index in [2.05, 4.69) is 22.2 Å². The lowest BCUT2D eigenvalue weighted by Gasteiger charge is -2.09. The van der Waals surface area contributed by atoms with Crippen molar-refractivity contribution >= 4 is 5.82 Å². The highest BCUT2D eigenvalue weighted by Gasteiger charge is 2.10. The van der Waals surface area contributed by atoms with Crippen LogP contribution in [-0.2, 0) is 0 Å². The second kappa shape index (κ2) is 4.79. The average Bonchev–Trinajstić information content (AvgIpc) is 2.81. The Balaban J connectivity index is 2.33. The van der Waals surface area contributed by atoms with Crippen LogP contribution in [0.3, 0.4) is 0 Å². The van der Waals surface area contributed by atoms with Gasteiger partial charge in [-0.2, -0.15) is 0 Å². The number of hydrogen-bond acceptors (Lipinski definition) is 4. The number of anilines is 1. The summed E-state index contributed by atoms with van der Waals surface area (Å²) in [6.45, 7) is 5.03. The molecule has 0 amide bonds. The van der Waals surface area contributed by atoms with Gasteiger partial charge in [-0.1, -0.05) is 6.92 Å². The van der Waals surface area contributed by atoms with Crippen LogP contribution in [0.2, 0.25) is 0 Å². The molecule has 0 aliphatic carbocycles. The number of hydrogen-bond donors (Lipinski definition) is 1. The highest BCUT2D eigenvalue weighted by atomic mass is 16.3. The van der Waals surface area contributed by atoms with Gasteiger partial charge in [0.1, 0.15) is 17.8 Å². The van der Waals surface area contributed by atoms with Crippen molar-refractivity contribution in [1.82, 2.24) is 9.97 Å². The zero-order valence-electron chi connectivity index (χ0n) is 9.53. The highest BCUT2D eigenvalue weighted by Crippen LogP contribution is 2.24. The summed E-state index contributed by atoms with van der Waals surface area (Å²) < 4.78 is 5.34. The fourth-order valence-corrected chi connectivity index (χ4v) is 1.53. The third-order valence-electron chi connectivity index (χ3n) is 2.38. The molecule has 84 valence electrons. The van der Waals surface area contributed by atoms with E-state index >= 15 is 0 Å². The van der Waals surface area contributed by atoms with Crippen LogP contribution in [0, 0.1) is 6.92 Å². The lowest BCUT2D eigenvalue weighted by Crippen LogP contribution is -2.05. The Hall–Kier alpha value is -1.84. The molecule has 1 N–H and O–H groups in total. The minimum Gasteiger partial charge on any atom is -0.463 e. The van der Waals surface area contributed by atoms with Crippen molar-refractivity contribution in [3.05, 3.63) is 30.3 Å². The molecule has 0 atom stereocenters. The molecule has 0 fully saturated rings. The predicted molar refractivity (Wildman–Crippen MR) is 63.3 cm³/mol. The zero-order chi connectivity index (χ0) is 11.4. The first kappa shape index (κ1) is 10.7. The molecule has 0 aromatic carbocycles. The van der Waals surface area contributed by atoms with Crippen LogP contribution in [0.4, 0.5) is 5.82 Å². The monoisotopic (exact) mass is 217 g/mol. The first-order valence-electron chi connectivity index (χ1n) is 5.42. The van der Waals surface area contributed by atoms with E-state index in [0.29, 0.717) is 0 Å². The van der Waals surface area contributed by atoms with Crippen LogP contribution in [-0.4, -0.2) is 16.5 Å². The first-order valence-corrected chi connectivity index (χ1v) is 5.42. The molecule has 0 aliphatic rings. The summed E-state index contributed by atoms with van der Waals surface area (Å²) in [5, 5.41) is 3.27. The molecule has 2 aromatic heterocycles. The number of rotatable bonds is 4. The highest BCUT2D eigenvalue weighted by molar-refractivity contribution is 5.63. The molecule has 2 heterocycles. The molecular weight excluding hydrogens is 202 g/mol. The van der Waals surface area contributed by atoms with Crippen LogP contribution in [0.5, 0.6) is 0 Å². The maximum absolute atomic E-state index is 5.34. The number of nitrogens with zero attached hydrogens (tertiary/aromatic N) is 2. The number of nitrogens with one attached hydrogen (secondary N) is 1. The summed E-state index contributed by atoms with van der Waals surface area (Å²) in [5.41, 5.74) is 1.87. The van der Waals surface area contributed by atoms with Gasteiger partial charge in [0.15, 0.2) is 5.76 Å². The smallest absolute Gasteiger partial charge is 0.152 e. The maximum atomic E-state index is 5.34. The van der Waals surface area contributed by atoms with E-state index in [1.165, 1.54) is 0 Å². The largest absolute Gasteiger partial charge is 0.463 e. The van der Waals surface area contributed by atoms with Gasteiger partial charge >= 0.3 is 0 Å². The molecule has 2 aromatic rings. The van der Waals surface area contributed by atoms with Crippen LogP contribution >= 0.6 is 0 Å². The second-order valence-electron chi connectivity index (χ2n) is 3.60. The fourth-order valence-electron chi connectivity index (χ4n) is 1.53. The van der Waals surface area contributed by atoms with Gasteiger partial charge in [0, 0.05) is 12.1 Å². The number of furan rings is 1. The van der Waals surface area contributed by atoms with Gasteiger partial charge in [-0.15, -0.1) is 0 Å². The van der Waals surface area contributed by atoms with Gasteiger partial charge in [0.05, 0.1) is 6.26 Å². The van der Waals surface area contributed by atoms with Gasteiger partial charge in [-0.3, -0.25) is 0 Å². The Bertz CT molecular complexity index is 451. The molecule has 0 radical (unpaired) electrons. The van der Waals surface area contributed by atoms with Gasteiger partial charge in [0.25, 0.3) is 0 Å². The van der Waals surface area contributed by atoms with Gasteiger partial charge < -0.3 is 9.73 Å². The Morgan fingerprint density at radius 1 is 1.38 bits per heavy atom. The number of aromatic nitrogens is 2. The molecule has 0 unspecified atom stereocenters. The lowest BCUT2D eigenvalue weighted by atomic mass is 10.2. The third kappa shape index (κ3) is 2.05. The van der Waals surface area contributed by atoms with Crippen LogP contribution in [0.1, 0.15) is 18.9 Å². The molecule has 16 heavy (non-hydrogen) atoms. The fraction of sp³-hybridized carbons (Fsp3) is 0.333.